The van der Waals surface area contributed by atoms with Crippen molar-refractivity contribution in [1.29, 1.82) is 0 Å². The zero-order valence-electron chi connectivity index (χ0n) is 9.35. The smallest absolute Gasteiger partial charge is 0.225 e. The van der Waals surface area contributed by atoms with Gasteiger partial charge < -0.3 is 15.7 Å². The van der Waals surface area contributed by atoms with E-state index in [9.17, 15) is 4.79 Å². The Balaban J connectivity index is 2.27. The van der Waals surface area contributed by atoms with Gasteiger partial charge in [0.25, 0.3) is 0 Å². The normalized spacial score (nSPS) is 20.3. The van der Waals surface area contributed by atoms with Gasteiger partial charge in [-0.15, -0.1) is 0 Å². The van der Waals surface area contributed by atoms with Crippen LogP contribution in [0.2, 0.25) is 0 Å². The lowest BCUT2D eigenvalue weighted by atomic mass is 10.2. The van der Waals surface area contributed by atoms with Gasteiger partial charge in [-0.05, 0) is 6.92 Å². The van der Waals surface area contributed by atoms with Crippen LogP contribution in [0.25, 0.3) is 0 Å². The zero-order valence-corrected chi connectivity index (χ0v) is 9.35. The number of hydrogen-bond donors (Lipinski definition) is 2. The van der Waals surface area contributed by atoms with Crippen LogP contribution in [-0.2, 0) is 4.79 Å². The summed E-state index contributed by atoms with van der Waals surface area (Å²) < 4.78 is 0. The first-order valence-electron chi connectivity index (χ1n) is 5.51. The number of amides is 1. The van der Waals surface area contributed by atoms with Crippen LogP contribution >= 0.6 is 0 Å². The van der Waals surface area contributed by atoms with E-state index in [1.807, 2.05) is 4.90 Å². The lowest BCUT2D eigenvalue weighted by molar-refractivity contribution is -0.134. The molecule has 1 fully saturated rings. The fourth-order valence-corrected chi connectivity index (χ4v) is 1.79. The van der Waals surface area contributed by atoms with Gasteiger partial charge in [0.15, 0.2) is 0 Å². The molecule has 1 saturated heterocycles. The third-order valence-electron chi connectivity index (χ3n) is 2.64. The Hall–Kier alpha value is -0.650. The summed E-state index contributed by atoms with van der Waals surface area (Å²) >= 11 is 0. The van der Waals surface area contributed by atoms with Crippen LogP contribution in [-0.4, -0.2) is 66.2 Å². The van der Waals surface area contributed by atoms with E-state index in [0.29, 0.717) is 6.54 Å². The first kappa shape index (κ1) is 12.4. The lowest BCUT2D eigenvalue weighted by Crippen LogP contribution is -2.50. The topological polar surface area (TPSA) is 69.8 Å². The summed E-state index contributed by atoms with van der Waals surface area (Å²) in [6, 6.07) is 0. The van der Waals surface area contributed by atoms with Gasteiger partial charge in [-0.25, -0.2) is 0 Å². The SMILES string of the molecule is CC(O)CC(=O)N1CCN(CCN)CC1. The summed E-state index contributed by atoms with van der Waals surface area (Å²) in [4.78, 5) is 15.7. The van der Waals surface area contributed by atoms with Crippen LogP contribution in [0, 0.1) is 0 Å². The monoisotopic (exact) mass is 215 g/mol. The molecule has 0 aromatic carbocycles. The molecule has 1 unspecified atom stereocenters. The number of piperazine rings is 1. The van der Waals surface area contributed by atoms with Crippen LogP contribution in [0.5, 0.6) is 0 Å². The van der Waals surface area contributed by atoms with Crippen molar-refractivity contribution >= 4 is 5.91 Å². The van der Waals surface area contributed by atoms with Crippen molar-refractivity contribution in [3.63, 3.8) is 0 Å². The van der Waals surface area contributed by atoms with Gasteiger partial charge >= 0.3 is 0 Å². The van der Waals surface area contributed by atoms with Gasteiger partial charge in [0.2, 0.25) is 5.91 Å². The zero-order chi connectivity index (χ0) is 11.3. The first-order valence-corrected chi connectivity index (χ1v) is 5.51. The largest absolute Gasteiger partial charge is 0.393 e. The Morgan fingerprint density at radius 2 is 2.00 bits per heavy atom. The molecule has 0 aromatic heterocycles. The van der Waals surface area contributed by atoms with Gasteiger partial charge in [-0.3, -0.25) is 9.69 Å². The van der Waals surface area contributed by atoms with E-state index < -0.39 is 6.10 Å². The van der Waals surface area contributed by atoms with Crippen molar-refractivity contribution < 1.29 is 9.90 Å². The molecule has 1 aliphatic heterocycles. The highest BCUT2D eigenvalue weighted by molar-refractivity contribution is 5.76. The fourth-order valence-electron chi connectivity index (χ4n) is 1.79. The third-order valence-corrected chi connectivity index (χ3v) is 2.64. The molecule has 3 N–H and O–H groups in total. The summed E-state index contributed by atoms with van der Waals surface area (Å²) in [7, 11) is 0. The van der Waals surface area contributed by atoms with E-state index in [-0.39, 0.29) is 12.3 Å². The van der Waals surface area contributed by atoms with Crippen molar-refractivity contribution in [2.24, 2.45) is 5.73 Å². The number of rotatable bonds is 4. The van der Waals surface area contributed by atoms with Crippen LogP contribution in [0.1, 0.15) is 13.3 Å². The fraction of sp³-hybridized carbons (Fsp3) is 0.900. The molecular weight excluding hydrogens is 194 g/mol. The molecule has 0 bridgehead atoms. The first-order chi connectivity index (χ1) is 7.13. The molecule has 88 valence electrons. The molecule has 1 atom stereocenters. The van der Waals surface area contributed by atoms with Gasteiger partial charge in [-0.1, -0.05) is 0 Å². The molecule has 5 nitrogen and oxygen atoms in total. The van der Waals surface area contributed by atoms with E-state index in [4.69, 9.17) is 10.8 Å². The minimum absolute atomic E-state index is 0.0531. The quantitative estimate of drug-likeness (QED) is 0.622. The van der Waals surface area contributed by atoms with Crippen LogP contribution < -0.4 is 5.73 Å². The molecule has 0 aromatic rings. The highest BCUT2D eigenvalue weighted by Crippen LogP contribution is 2.04. The molecule has 15 heavy (non-hydrogen) atoms. The molecule has 1 rings (SSSR count). The number of hydrogen-bond acceptors (Lipinski definition) is 4. The van der Waals surface area contributed by atoms with Crippen molar-refractivity contribution in [2.75, 3.05) is 39.3 Å². The summed E-state index contributed by atoms with van der Waals surface area (Å²) in [5.41, 5.74) is 5.46. The second-order valence-electron chi connectivity index (χ2n) is 4.06. The molecule has 1 amide bonds. The van der Waals surface area contributed by atoms with Crippen molar-refractivity contribution in [3.05, 3.63) is 0 Å². The minimum atomic E-state index is -0.542. The van der Waals surface area contributed by atoms with Crippen LogP contribution in [0.15, 0.2) is 0 Å². The van der Waals surface area contributed by atoms with Gasteiger partial charge in [0.05, 0.1) is 12.5 Å². The number of aliphatic hydroxyl groups excluding tert-OH is 1. The second kappa shape index (κ2) is 6.05. The van der Waals surface area contributed by atoms with E-state index >= 15 is 0 Å². The average molecular weight is 215 g/mol. The molecule has 0 aliphatic carbocycles. The van der Waals surface area contributed by atoms with E-state index in [1.54, 1.807) is 6.92 Å². The van der Waals surface area contributed by atoms with Gasteiger partial charge in [-0.2, -0.15) is 0 Å². The molecule has 5 heteroatoms. The van der Waals surface area contributed by atoms with Crippen molar-refractivity contribution in [3.8, 4) is 0 Å². The second-order valence-corrected chi connectivity index (χ2v) is 4.06. The number of carbonyl (C=O) groups is 1. The standard InChI is InChI=1S/C10H21N3O2/c1-9(14)8-10(15)13-6-4-12(3-2-11)5-7-13/h9,14H,2-8,11H2,1H3. The minimum Gasteiger partial charge on any atom is -0.393 e. The molecule has 1 aliphatic rings. The maximum absolute atomic E-state index is 11.6. The molecule has 0 saturated carbocycles. The van der Waals surface area contributed by atoms with Gasteiger partial charge in [0, 0.05) is 39.3 Å². The number of nitrogens with zero attached hydrogens (tertiary/aromatic N) is 2. The third kappa shape index (κ3) is 4.15. The Morgan fingerprint density at radius 3 is 2.47 bits per heavy atom. The van der Waals surface area contributed by atoms with Gasteiger partial charge in [0.1, 0.15) is 0 Å². The maximum atomic E-state index is 11.6. The van der Waals surface area contributed by atoms with E-state index in [2.05, 4.69) is 4.90 Å². The Labute approximate surface area is 90.8 Å². The Bertz CT molecular complexity index is 201. The van der Waals surface area contributed by atoms with Crippen molar-refractivity contribution in [1.82, 2.24) is 9.80 Å². The summed E-state index contributed by atoms with van der Waals surface area (Å²) in [5.74, 6) is 0.0531. The molecular formula is C10H21N3O2. The predicted octanol–water partition coefficient (Wildman–Crippen LogP) is -1.14. The number of nitrogens with two attached hydrogens (primary N) is 1. The summed E-state index contributed by atoms with van der Waals surface area (Å²) in [6.45, 7) is 6.51. The number of carbonyl (C=O) groups excluding carboxylic acids is 1. The number of aliphatic hydroxyl groups is 1. The van der Waals surface area contributed by atoms with E-state index in [0.717, 1.165) is 32.7 Å². The summed E-state index contributed by atoms with van der Waals surface area (Å²) in [6.07, 6.45) is -0.309. The van der Waals surface area contributed by atoms with Crippen LogP contribution in [0.3, 0.4) is 0 Å². The average Bonchev–Trinajstić information content (AvgIpc) is 2.18. The van der Waals surface area contributed by atoms with E-state index in [1.165, 1.54) is 0 Å². The lowest BCUT2D eigenvalue weighted by Gasteiger charge is -2.34. The maximum Gasteiger partial charge on any atom is 0.225 e. The Kier molecular flexibility index (Phi) is 5.01. The highest BCUT2D eigenvalue weighted by atomic mass is 16.3. The molecule has 0 radical (unpaired) electrons. The highest BCUT2D eigenvalue weighted by Gasteiger charge is 2.21. The predicted molar refractivity (Wildman–Crippen MR) is 58.4 cm³/mol. The molecule has 0 spiro atoms. The van der Waals surface area contributed by atoms with Crippen molar-refractivity contribution in [2.45, 2.75) is 19.4 Å². The van der Waals surface area contributed by atoms with Crippen LogP contribution in [0.4, 0.5) is 0 Å². The Morgan fingerprint density at radius 1 is 1.40 bits per heavy atom. The molecule has 1 heterocycles. The summed E-state index contributed by atoms with van der Waals surface area (Å²) in [5, 5.41) is 9.12.